The Hall–Kier alpha value is -3.07. The Balaban J connectivity index is 1.70. The number of nitrogens with zero attached hydrogens (tertiary/aromatic N) is 2. The van der Waals surface area contributed by atoms with Gasteiger partial charge in [0.05, 0.1) is 24.0 Å². The average molecular weight is 449 g/mol. The summed E-state index contributed by atoms with van der Waals surface area (Å²) in [6, 6.07) is 9.89. The number of nitrogens with one attached hydrogen (secondary N) is 1. The lowest BCUT2D eigenvalue weighted by atomic mass is 10.1. The van der Waals surface area contributed by atoms with Crippen molar-refractivity contribution in [2.24, 2.45) is 0 Å². The van der Waals surface area contributed by atoms with E-state index in [0.717, 1.165) is 25.2 Å². The molecule has 2 aromatic carbocycles. The molecule has 0 radical (unpaired) electrons. The zero-order chi connectivity index (χ0) is 23.3. The summed E-state index contributed by atoms with van der Waals surface area (Å²) in [7, 11) is 3.50. The first-order chi connectivity index (χ1) is 15.2. The fraction of sp³-hybridized carbons (Fsp3) is 0.391. The van der Waals surface area contributed by atoms with E-state index in [0.29, 0.717) is 30.1 Å². The molecule has 0 aliphatic carbocycles. The number of piperazine rings is 1. The van der Waals surface area contributed by atoms with Crippen molar-refractivity contribution < 1.29 is 27.5 Å². The van der Waals surface area contributed by atoms with Crippen molar-refractivity contribution >= 4 is 23.1 Å². The lowest BCUT2D eigenvalue weighted by molar-refractivity contribution is -0.137. The second-order valence-electron chi connectivity index (χ2n) is 7.72. The first-order valence-corrected chi connectivity index (χ1v) is 10.3. The van der Waals surface area contributed by atoms with Crippen LogP contribution in [0.25, 0.3) is 0 Å². The highest BCUT2D eigenvalue weighted by Crippen LogP contribution is 2.36. The Morgan fingerprint density at radius 3 is 2.25 bits per heavy atom. The normalized spacial score (nSPS) is 14.8. The van der Waals surface area contributed by atoms with Gasteiger partial charge in [-0.15, -0.1) is 0 Å². The molecule has 1 aliphatic heterocycles. The molecular weight excluding hydrogens is 423 g/mol. The number of benzene rings is 2. The molecule has 9 heteroatoms. The fourth-order valence-corrected chi connectivity index (χ4v) is 3.50. The number of ketones is 1. The zero-order valence-corrected chi connectivity index (χ0v) is 18.0. The summed E-state index contributed by atoms with van der Waals surface area (Å²) < 4.78 is 44.8. The summed E-state index contributed by atoms with van der Waals surface area (Å²) in [6.45, 7) is 2.82. The van der Waals surface area contributed by atoms with Crippen LogP contribution in [-0.2, 0) is 11.0 Å². The van der Waals surface area contributed by atoms with Crippen molar-refractivity contribution in [2.45, 2.75) is 19.0 Å². The van der Waals surface area contributed by atoms with Gasteiger partial charge in [-0.05, 0) is 49.5 Å². The summed E-state index contributed by atoms with van der Waals surface area (Å²) in [6.07, 6.45) is -4.71. The molecule has 0 bridgehead atoms. The molecule has 0 saturated carbocycles. The van der Waals surface area contributed by atoms with E-state index < -0.39 is 17.6 Å². The van der Waals surface area contributed by atoms with Crippen LogP contribution in [0.4, 0.5) is 24.5 Å². The van der Waals surface area contributed by atoms with Crippen LogP contribution in [0, 0.1) is 0 Å². The molecule has 0 unspecified atom stereocenters. The van der Waals surface area contributed by atoms with Crippen LogP contribution in [0.1, 0.15) is 28.8 Å². The summed E-state index contributed by atoms with van der Waals surface area (Å²) in [4.78, 5) is 28.9. The molecule has 172 valence electrons. The maximum Gasteiger partial charge on any atom is 0.416 e. The molecule has 0 spiro atoms. The van der Waals surface area contributed by atoms with Crippen molar-refractivity contribution in [1.29, 1.82) is 0 Å². The van der Waals surface area contributed by atoms with Gasteiger partial charge in [-0.25, -0.2) is 0 Å². The van der Waals surface area contributed by atoms with Crippen LogP contribution < -0.4 is 15.0 Å². The van der Waals surface area contributed by atoms with E-state index in [1.165, 1.54) is 13.2 Å². The molecule has 6 nitrogen and oxygen atoms in total. The Bertz CT molecular complexity index is 953. The molecule has 1 heterocycles. The van der Waals surface area contributed by atoms with E-state index in [-0.39, 0.29) is 24.3 Å². The van der Waals surface area contributed by atoms with Crippen LogP contribution in [0.15, 0.2) is 42.5 Å². The number of carbonyl (C=O) groups excluding carboxylic acids is 2. The minimum absolute atomic E-state index is 0.0546. The summed E-state index contributed by atoms with van der Waals surface area (Å²) in [5.74, 6) is -0.132. The van der Waals surface area contributed by atoms with Crippen LogP contribution in [0.2, 0.25) is 0 Å². The number of rotatable bonds is 7. The van der Waals surface area contributed by atoms with Crippen LogP contribution in [-0.4, -0.2) is 56.9 Å². The topological polar surface area (TPSA) is 61.9 Å². The van der Waals surface area contributed by atoms with Gasteiger partial charge in [0, 0.05) is 44.6 Å². The number of likely N-dealkylation sites (N-methyl/N-ethyl adjacent to an activating group) is 1. The van der Waals surface area contributed by atoms with E-state index in [1.807, 2.05) is 11.9 Å². The molecule has 0 aromatic heterocycles. The van der Waals surface area contributed by atoms with Crippen LogP contribution >= 0.6 is 0 Å². The van der Waals surface area contributed by atoms with Gasteiger partial charge < -0.3 is 19.9 Å². The summed E-state index contributed by atoms with van der Waals surface area (Å²) in [5, 5.41) is 2.59. The first-order valence-electron chi connectivity index (χ1n) is 10.3. The lowest BCUT2D eigenvalue weighted by Gasteiger charge is -2.35. The lowest BCUT2D eigenvalue weighted by Crippen LogP contribution is -2.44. The second kappa shape index (κ2) is 10.0. The number of carbonyl (C=O) groups is 2. The van der Waals surface area contributed by atoms with Crippen molar-refractivity contribution in [2.75, 3.05) is 50.6 Å². The Morgan fingerprint density at radius 1 is 1.00 bits per heavy atom. The Labute approximate surface area is 184 Å². The number of methoxy groups -OCH3 is 1. The van der Waals surface area contributed by atoms with E-state index in [2.05, 4.69) is 10.2 Å². The minimum atomic E-state index is -4.52. The van der Waals surface area contributed by atoms with Gasteiger partial charge in [0.25, 0.3) is 0 Å². The number of alkyl halides is 3. The summed E-state index contributed by atoms with van der Waals surface area (Å²) >= 11 is 0. The van der Waals surface area contributed by atoms with Gasteiger partial charge in [0.15, 0.2) is 5.78 Å². The molecule has 1 amide bonds. The molecule has 2 aromatic rings. The molecule has 3 rings (SSSR count). The third-order valence-electron chi connectivity index (χ3n) is 5.43. The maximum absolute atomic E-state index is 13.2. The molecule has 1 aliphatic rings. The van der Waals surface area contributed by atoms with Gasteiger partial charge in [-0.2, -0.15) is 13.2 Å². The van der Waals surface area contributed by atoms with Gasteiger partial charge in [0.1, 0.15) is 5.75 Å². The molecule has 0 atom stereocenters. The van der Waals surface area contributed by atoms with Crippen LogP contribution in [0.5, 0.6) is 5.75 Å². The van der Waals surface area contributed by atoms with Gasteiger partial charge in [-0.3, -0.25) is 9.59 Å². The van der Waals surface area contributed by atoms with Crippen molar-refractivity contribution in [3.63, 3.8) is 0 Å². The third-order valence-corrected chi connectivity index (χ3v) is 5.43. The number of ether oxygens (including phenoxy) is 1. The molecular formula is C23H26F3N3O3. The van der Waals surface area contributed by atoms with Crippen molar-refractivity contribution in [3.05, 3.63) is 53.6 Å². The highest BCUT2D eigenvalue weighted by molar-refractivity contribution is 6.01. The SMILES string of the molecule is COc1ccc(C(=O)CCC(=O)Nc2cc(C(F)(F)F)ccc2N2CCN(C)CC2)cc1. The number of hydrogen-bond acceptors (Lipinski definition) is 5. The average Bonchev–Trinajstić information content (AvgIpc) is 2.77. The predicted octanol–water partition coefficient (Wildman–Crippen LogP) is 4.07. The molecule has 1 N–H and O–H groups in total. The Morgan fingerprint density at radius 2 is 1.66 bits per heavy atom. The number of halogens is 3. The third kappa shape index (κ3) is 6.00. The highest BCUT2D eigenvalue weighted by atomic mass is 19.4. The first kappa shape index (κ1) is 23.6. The predicted molar refractivity (Wildman–Crippen MR) is 116 cm³/mol. The Kier molecular flexibility index (Phi) is 7.40. The number of hydrogen-bond donors (Lipinski definition) is 1. The molecule has 32 heavy (non-hydrogen) atoms. The monoisotopic (exact) mass is 449 g/mol. The summed E-state index contributed by atoms with van der Waals surface area (Å²) in [5.41, 5.74) is 0.253. The van der Waals surface area contributed by atoms with E-state index in [1.54, 1.807) is 24.3 Å². The van der Waals surface area contributed by atoms with Crippen molar-refractivity contribution in [3.8, 4) is 5.75 Å². The minimum Gasteiger partial charge on any atom is -0.497 e. The van der Waals surface area contributed by atoms with E-state index >= 15 is 0 Å². The maximum atomic E-state index is 13.2. The largest absolute Gasteiger partial charge is 0.497 e. The number of anilines is 2. The molecule has 1 saturated heterocycles. The van der Waals surface area contributed by atoms with Gasteiger partial charge in [0.2, 0.25) is 5.91 Å². The number of Topliss-reactive ketones (excluding diaryl/α,β-unsaturated/α-hetero) is 1. The van der Waals surface area contributed by atoms with E-state index in [9.17, 15) is 22.8 Å². The van der Waals surface area contributed by atoms with Gasteiger partial charge in [-0.1, -0.05) is 0 Å². The van der Waals surface area contributed by atoms with Crippen molar-refractivity contribution in [1.82, 2.24) is 4.90 Å². The van der Waals surface area contributed by atoms with Crippen LogP contribution in [0.3, 0.4) is 0 Å². The smallest absolute Gasteiger partial charge is 0.416 e. The standard InChI is InChI=1S/C23H26F3N3O3/c1-28-11-13-29(14-12-28)20-8-5-17(23(24,25)26)15-19(20)27-22(31)10-9-21(30)16-3-6-18(32-2)7-4-16/h3-8,15H,9-14H2,1-2H3,(H,27,31). The van der Waals surface area contributed by atoms with E-state index in [4.69, 9.17) is 4.74 Å². The quantitative estimate of drug-likeness (QED) is 0.646. The number of amides is 1. The second-order valence-corrected chi connectivity index (χ2v) is 7.72. The highest BCUT2D eigenvalue weighted by Gasteiger charge is 2.32. The zero-order valence-electron chi connectivity index (χ0n) is 18.0. The molecule has 1 fully saturated rings. The fourth-order valence-electron chi connectivity index (χ4n) is 3.50. The van der Waals surface area contributed by atoms with Gasteiger partial charge >= 0.3 is 6.18 Å².